The van der Waals surface area contributed by atoms with Crippen molar-refractivity contribution in [1.29, 1.82) is 0 Å². The standard InChI is InChI=1S/C27H25N3O2S/c31-26(27(32)12-13-27)30-16-14-29(15-17-30)23-9-5-4-8-21(23)20-10-11-22-24(18-20)33-25(28-22)19-6-2-1-3-7-19/h1-11,18,32H,12-17H2. The number of para-hydroxylation sites is 1. The normalized spacial score (nSPS) is 17.4. The first-order valence-electron chi connectivity index (χ1n) is 11.4. The summed E-state index contributed by atoms with van der Waals surface area (Å²) in [5.74, 6) is -0.0969. The Morgan fingerprint density at radius 3 is 2.36 bits per heavy atom. The van der Waals surface area contributed by atoms with Crippen LogP contribution < -0.4 is 4.90 Å². The minimum Gasteiger partial charge on any atom is -0.380 e. The summed E-state index contributed by atoms with van der Waals surface area (Å²) in [6.07, 6.45) is 1.20. The summed E-state index contributed by atoms with van der Waals surface area (Å²) in [6, 6.07) is 25.3. The van der Waals surface area contributed by atoms with Crippen molar-refractivity contribution >= 4 is 33.1 Å². The smallest absolute Gasteiger partial charge is 0.254 e. The molecule has 1 amide bonds. The molecule has 1 saturated carbocycles. The Balaban J connectivity index is 1.27. The molecule has 5 nitrogen and oxygen atoms in total. The van der Waals surface area contributed by atoms with E-state index in [4.69, 9.17) is 4.98 Å². The first kappa shape index (κ1) is 20.4. The van der Waals surface area contributed by atoms with E-state index in [0.29, 0.717) is 25.9 Å². The van der Waals surface area contributed by atoms with Crippen molar-refractivity contribution in [2.24, 2.45) is 0 Å². The highest BCUT2D eigenvalue weighted by Gasteiger charge is 2.50. The number of thiazole rings is 1. The summed E-state index contributed by atoms with van der Waals surface area (Å²) >= 11 is 1.72. The fraction of sp³-hybridized carbons (Fsp3) is 0.259. The van der Waals surface area contributed by atoms with Crippen molar-refractivity contribution < 1.29 is 9.90 Å². The van der Waals surface area contributed by atoms with Crippen LogP contribution >= 0.6 is 11.3 Å². The number of hydrogen-bond donors (Lipinski definition) is 1. The quantitative estimate of drug-likeness (QED) is 0.480. The molecule has 166 valence electrons. The number of benzene rings is 3. The lowest BCUT2D eigenvalue weighted by atomic mass is 10.0. The average Bonchev–Trinajstić information content (AvgIpc) is 3.48. The molecule has 2 aliphatic rings. The molecule has 0 radical (unpaired) electrons. The molecule has 1 saturated heterocycles. The van der Waals surface area contributed by atoms with Crippen molar-refractivity contribution in [2.75, 3.05) is 31.1 Å². The second-order valence-electron chi connectivity index (χ2n) is 8.90. The van der Waals surface area contributed by atoms with Gasteiger partial charge in [-0.05, 0) is 36.6 Å². The summed E-state index contributed by atoms with van der Waals surface area (Å²) in [6.45, 7) is 2.81. The SMILES string of the molecule is O=C(N1CCN(c2ccccc2-c2ccc3nc(-c4ccccc4)sc3c2)CC1)C1(O)CC1. The Morgan fingerprint density at radius 2 is 1.61 bits per heavy atom. The maximum Gasteiger partial charge on any atom is 0.254 e. The number of carbonyl (C=O) groups excluding carboxylic acids is 1. The Labute approximate surface area is 196 Å². The Kier molecular flexibility index (Phi) is 4.93. The van der Waals surface area contributed by atoms with Crippen molar-refractivity contribution in [3.05, 3.63) is 72.8 Å². The Hall–Kier alpha value is -3.22. The lowest BCUT2D eigenvalue weighted by molar-refractivity contribution is -0.142. The third-order valence-corrected chi connectivity index (χ3v) is 7.72. The topological polar surface area (TPSA) is 56.7 Å². The first-order chi connectivity index (χ1) is 16.1. The largest absolute Gasteiger partial charge is 0.380 e. The second-order valence-corrected chi connectivity index (χ2v) is 9.93. The summed E-state index contributed by atoms with van der Waals surface area (Å²) in [5.41, 5.74) is 4.63. The van der Waals surface area contributed by atoms with Gasteiger partial charge in [-0.25, -0.2) is 4.98 Å². The summed E-state index contributed by atoms with van der Waals surface area (Å²) in [7, 11) is 0. The zero-order valence-corrected chi connectivity index (χ0v) is 19.1. The van der Waals surface area contributed by atoms with Crippen LogP contribution in [0.1, 0.15) is 12.8 Å². The lowest BCUT2D eigenvalue weighted by Gasteiger charge is -2.37. The van der Waals surface area contributed by atoms with Gasteiger partial charge in [0.25, 0.3) is 5.91 Å². The summed E-state index contributed by atoms with van der Waals surface area (Å²) < 4.78 is 1.18. The molecule has 3 aromatic carbocycles. The molecule has 1 aliphatic heterocycles. The molecular formula is C27H25N3O2S. The highest BCUT2D eigenvalue weighted by atomic mass is 32.1. The van der Waals surface area contributed by atoms with Gasteiger partial charge in [0.1, 0.15) is 10.6 Å². The number of rotatable bonds is 4. The van der Waals surface area contributed by atoms with E-state index in [1.807, 2.05) is 23.1 Å². The third-order valence-electron chi connectivity index (χ3n) is 6.65. The predicted octanol–water partition coefficient (Wildman–Crippen LogP) is 4.80. The van der Waals surface area contributed by atoms with Crippen molar-refractivity contribution in [1.82, 2.24) is 9.88 Å². The third kappa shape index (κ3) is 3.79. The molecule has 0 spiro atoms. The minimum absolute atomic E-state index is 0.0969. The average molecular weight is 456 g/mol. The molecule has 2 fully saturated rings. The van der Waals surface area contributed by atoms with Gasteiger partial charge in [-0.15, -0.1) is 11.3 Å². The van der Waals surface area contributed by atoms with Crippen LogP contribution in [-0.2, 0) is 4.79 Å². The van der Waals surface area contributed by atoms with E-state index in [9.17, 15) is 9.90 Å². The number of fused-ring (bicyclic) bond motifs is 1. The van der Waals surface area contributed by atoms with Gasteiger partial charge in [-0.2, -0.15) is 0 Å². The van der Waals surface area contributed by atoms with Gasteiger partial charge in [0.15, 0.2) is 0 Å². The Morgan fingerprint density at radius 1 is 0.879 bits per heavy atom. The van der Waals surface area contributed by atoms with E-state index in [1.165, 1.54) is 21.5 Å². The fourth-order valence-electron chi connectivity index (χ4n) is 4.57. The van der Waals surface area contributed by atoms with Crippen LogP contribution in [0.25, 0.3) is 31.9 Å². The molecule has 0 atom stereocenters. The Bertz CT molecular complexity index is 1320. The highest BCUT2D eigenvalue weighted by molar-refractivity contribution is 7.21. The van der Waals surface area contributed by atoms with E-state index in [1.54, 1.807) is 11.3 Å². The van der Waals surface area contributed by atoms with Crippen molar-refractivity contribution in [3.8, 4) is 21.7 Å². The van der Waals surface area contributed by atoms with Crippen LogP contribution in [0.3, 0.4) is 0 Å². The zero-order chi connectivity index (χ0) is 22.4. The molecule has 1 aromatic heterocycles. The lowest BCUT2D eigenvalue weighted by Crippen LogP contribution is -2.52. The molecule has 0 unspecified atom stereocenters. The van der Waals surface area contributed by atoms with E-state index in [-0.39, 0.29) is 5.91 Å². The van der Waals surface area contributed by atoms with E-state index < -0.39 is 5.60 Å². The molecule has 2 heterocycles. The first-order valence-corrected chi connectivity index (χ1v) is 12.2. The number of amides is 1. The van der Waals surface area contributed by atoms with Gasteiger partial charge in [-0.1, -0.05) is 54.6 Å². The van der Waals surface area contributed by atoms with E-state index in [2.05, 4.69) is 59.5 Å². The number of carbonyl (C=O) groups is 1. The summed E-state index contributed by atoms with van der Waals surface area (Å²) in [5, 5.41) is 11.2. The predicted molar refractivity (Wildman–Crippen MR) is 133 cm³/mol. The zero-order valence-electron chi connectivity index (χ0n) is 18.3. The maximum absolute atomic E-state index is 12.5. The van der Waals surface area contributed by atoms with Crippen LogP contribution in [0.5, 0.6) is 0 Å². The molecule has 4 aromatic rings. The number of aliphatic hydroxyl groups is 1. The van der Waals surface area contributed by atoms with Crippen molar-refractivity contribution in [2.45, 2.75) is 18.4 Å². The summed E-state index contributed by atoms with van der Waals surface area (Å²) in [4.78, 5) is 21.5. The molecule has 6 rings (SSSR count). The van der Waals surface area contributed by atoms with Crippen LogP contribution in [-0.4, -0.2) is 52.7 Å². The van der Waals surface area contributed by atoms with Gasteiger partial charge in [0.2, 0.25) is 0 Å². The number of nitrogens with zero attached hydrogens (tertiary/aromatic N) is 3. The van der Waals surface area contributed by atoms with Gasteiger partial charge in [0.05, 0.1) is 10.2 Å². The molecule has 0 bridgehead atoms. The number of hydrogen-bond acceptors (Lipinski definition) is 5. The van der Waals surface area contributed by atoms with Gasteiger partial charge in [-0.3, -0.25) is 4.79 Å². The maximum atomic E-state index is 12.5. The highest BCUT2D eigenvalue weighted by Crippen LogP contribution is 2.38. The van der Waals surface area contributed by atoms with E-state index in [0.717, 1.165) is 29.2 Å². The van der Waals surface area contributed by atoms with Crippen LogP contribution in [0.2, 0.25) is 0 Å². The van der Waals surface area contributed by atoms with Crippen LogP contribution in [0, 0.1) is 0 Å². The molecule has 33 heavy (non-hydrogen) atoms. The van der Waals surface area contributed by atoms with Crippen LogP contribution in [0.15, 0.2) is 72.8 Å². The monoisotopic (exact) mass is 455 g/mol. The fourth-order valence-corrected chi connectivity index (χ4v) is 5.58. The van der Waals surface area contributed by atoms with Crippen molar-refractivity contribution in [3.63, 3.8) is 0 Å². The minimum atomic E-state index is -1.08. The second kappa shape index (κ2) is 7.97. The van der Waals surface area contributed by atoms with Gasteiger partial charge >= 0.3 is 0 Å². The molecular weight excluding hydrogens is 430 g/mol. The number of anilines is 1. The molecule has 1 N–H and O–H groups in total. The number of piperazine rings is 1. The number of aromatic nitrogens is 1. The van der Waals surface area contributed by atoms with Gasteiger partial charge < -0.3 is 14.9 Å². The molecule has 1 aliphatic carbocycles. The van der Waals surface area contributed by atoms with Crippen LogP contribution in [0.4, 0.5) is 5.69 Å². The van der Waals surface area contributed by atoms with E-state index >= 15 is 0 Å². The molecule has 6 heteroatoms. The van der Waals surface area contributed by atoms with Gasteiger partial charge in [0, 0.05) is 43.0 Å².